The normalized spacial score (nSPS) is 12.7. The number of allylic oxidation sites excluding steroid dienone is 6. The van der Waals surface area contributed by atoms with E-state index in [0.717, 1.165) is 0 Å². The van der Waals surface area contributed by atoms with E-state index in [-0.39, 0.29) is 0 Å². The second-order valence-corrected chi connectivity index (χ2v) is 5.48. The van der Waals surface area contributed by atoms with Gasteiger partial charge in [0.25, 0.3) is 0 Å². The fourth-order valence-corrected chi connectivity index (χ4v) is 2.59. The Bertz CT molecular complexity index is 486. The SMILES string of the molecule is C(C=CC=Cc1cccs1)=CC=Cc1cccs1. The number of rotatable bonds is 5. The van der Waals surface area contributed by atoms with Crippen LogP contribution in [0.3, 0.4) is 0 Å². The highest BCUT2D eigenvalue weighted by molar-refractivity contribution is 7.11. The Labute approximate surface area is 116 Å². The van der Waals surface area contributed by atoms with E-state index in [4.69, 9.17) is 0 Å². The molecule has 2 aromatic rings. The zero-order valence-corrected chi connectivity index (χ0v) is 11.5. The van der Waals surface area contributed by atoms with Gasteiger partial charge in [0.2, 0.25) is 0 Å². The van der Waals surface area contributed by atoms with Gasteiger partial charge in [-0.15, -0.1) is 22.7 Å². The quantitative estimate of drug-likeness (QED) is 0.616. The van der Waals surface area contributed by atoms with E-state index >= 15 is 0 Å². The predicted molar refractivity (Wildman–Crippen MR) is 85.0 cm³/mol. The van der Waals surface area contributed by atoms with Crippen molar-refractivity contribution in [1.29, 1.82) is 0 Å². The lowest BCUT2D eigenvalue weighted by Gasteiger charge is -1.79. The Morgan fingerprint density at radius 3 is 1.44 bits per heavy atom. The molecule has 18 heavy (non-hydrogen) atoms. The summed E-state index contributed by atoms with van der Waals surface area (Å²) < 4.78 is 0. The van der Waals surface area contributed by atoms with Crippen molar-refractivity contribution < 1.29 is 0 Å². The fourth-order valence-electron chi connectivity index (χ4n) is 1.33. The van der Waals surface area contributed by atoms with Gasteiger partial charge in [-0.25, -0.2) is 0 Å². The molecule has 0 aliphatic rings. The van der Waals surface area contributed by atoms with E-state index in [0.29, 0.717) is 0 Å². The summed E-state index contributed by atoms with van der Waals surface area (Å²) in [5.74, 6) is 0. The van der Waals surface area contributed by atoms with E-state index in [1.54, 1.807) is 22.7 Å². The van der Waals surface area contributed by atoms with E-state index in [1.807, 2.05) is 24.3 Å². The summed E-state index contributed by atoms with van der Waals surface area (Å²) in [6.07, 6.45) is 16.5. The van der Waals surface area contributed by atoms with Gasteiger partial charge < -0.3 is 0 Å². The second-order valence-electron chi connectivity index (χ2n) is 3.52. The minimum atomic E-state index is 1.28. The van der Waals surface area contributed by atoms with Crippen LogP contribution in [0.25, 0.3) is 12.2 Å². The molecule has 0 saturated carbocycles. The number of hydrogen-bond acceptors (Lipinski definition) is 2. The summed E-state index contributed by atoms with van der Waals surface area (Å²) >= 11 is 3.49. The highest BCUT2D eigenvalue weighted by Gasteiger charge is 1.82. The third-order valence-electron chi connectivity index (χ3n) is 2.16. The first-order valence-corrected chi connectivity index (χ1v) is 7.46. The van der Waals surface area contributed by atoms with Gasteiger partial charge in [-0.2, -0.15) is 0 Å². The standard InChI is InChI=1S/C16H14S2/c1(3-5-9-15-11-7-13-17-15)2-4-6-10-16-12-8-14-18-16/h1-14H. The predicted octanol–water partition coefficient (Wildman–Crippen LogP) is 5.65. The van der Waals surface area contributed by atoms with Crippen LogP contribution >= 0.6 is 22.7 Å². The van der Waals surface area contributed by atoms with Crippen LogP contribution in [-0.2, 0) is 0 Å². The van der Waals surface area contributed by atoms with Crippen LogP contribution in [0.4, 0.5) is 0 Å². The molecule has 0 fully saturated rings. The summed E-state index contributed by atoms with van der Waals surface area (Å²) in [5, 5.41) is 4.16. The molecule has 0 aliphatic carbocycles. The van der Waals surface area contributed by atoms with Crippen LogP contribution in [0.15, 0.2) is 71.5 Å². The van der Waals surface area contributed by atoms with E-state index in [2.05, 4.69) is 59.3 Å². The maximum absolute atomic E-state index is 2.11. The lowest BCUT2D eigenvalue weighted by molar-refractivity contribution is 1.88. The van der Waals surface area contributed by atoms with Crippen LogP contribution in [-0.4, -0.2) is 0 Å². The lowest BCUT2D eigenvalue weighted by atomic mass is 10.3. The first kappa shape index (κ1) is 12.8. The summed E-state index contributed by atoms with van der Waals surface area (Å²) in [5.41, 5.74) is 0. The van der Waals surface area contributed by atoms with Crippen molar-refractivity contribution >= 4 is 34.8 Å². The molecule has 2 aromatic heterocycles. The monoisotopic (exact) mass is 270 g/mol. The molecule has 0 aromatic carbocycles. The maximum Gasteiger partial charge on any atom is 0.0270 e. The van der Waals surface area contributed by atoms with Crippen LogP contribution in [0.5, 0.6) is 0 Å². The van der Waals surface area contributed by atoms with Crippen LogP contribution in [0, 0.1) is 0 Å². The molecule has 0 spiro atoms. The molecule has 0 atom stereocenters. The van der Waals surface area contributed by atoms with Crippen LogP contribution in [0.1, 0.15) is 9.75 Å². The van der Waals surface area contributed by atoms with Gasteiger partial charge in [0.15, 0.2) is 0 Å². The van der Waals surface area contributed by atoms with E-state index < -0.39 is 0 Å². The van der Waals surface area contributed by atoms with Crippen LogP contribution < -0.4 is 0 Å². The van der Waals surface area contributed by atoms with Gasteiger partial charge in [-0.3, -0.25) is 0 Å². The van der Waals surface area contributed by atoms with Crippen molar-refractivity contribution in [2.45, 2.75) is 0 Å². The molecular formula is C16H14S2. The Balaban J connectivity index is 1.74. The lowest BCUT2D eigenvalue weighted by Crippen LogP contribution is -1.56. The van der Waals surface area contributed by atoms with Crippen molar-refractivity contribution in [3.8, 4) is 0 Å². The first-order valence-electron chi connectivity index (χ1n) is 5.70. The van der Waals surface area contributed by atoms with Crippen molar-refractivity contribution in [2.75, 3.05) is 0 Å². The molecule has 2 heteroatoms. The molecule has 0 nitrogen and oxygen atoms in total. The highest BCUT2D eigenvalue weighted by Crippen LogP contribution is 2.10. The average Bonchev–Trinajstić information content (AvgIpc) is 3.05. The third kappa shape index (κ3) is 4.70. The number of hydrogen-bond donors (Lipinski definition) is 0. The van der Waals surface area contributed by atoms with Gasteiger partial charge in [0.1, 0.15) is 0 Å². The molecule has 0 amide bonds. The summed E-state index contributed by atoms with van der Waals surface area (Å²) in [6.45, 7) is 0. The summed E-state index contributed by atoms with van der Waals surface area (Å²) in [4.78, 5) is 2.56. The van der Waals surface area contributed by atoms with Crippen LogP contribution in [0.2, 0.25) is 0 Å². The van der Waals surface area contributed by atoms with E-state index in [1.165, 1.54) is 9.75 Å². The van der Waals surface area contributed by atoms with Crippen molar-refractivity contribution in [3.63, 3.8) is 0 Å². The average molecular weight is 270 g/mol. The summed E-state index contributed by atoms with van der Waals surface area (Å²) in [7, 11) is 0. The Kier molecular flexibility index (Phi) is 5.44. The topological polar surface area (TPSA) is 0 Å². The molecule has 2 rings (SSSR count). The molecule has 0 aliphatic heterocycles. The molecule has 0 bridgehead atoms. The zero-order chi connectivity index (χ0) is 12.5. The molecule has 0 N–H and O–H groups in total. The molecule has 0 saturated heterocycles. The van der Waals surface area contributed by atoms with Gasteiger partial charge in [0, 0.05) is 9.75 Å². The molecule has 2 heterocycles. The molecule has 0 radical (unpaired) electrons. The Morgan fingerprint density at radius 2 is 1.06 bits per heavy atom. The minimum absolute atomic E-state index is 1.28. The van der Waals surface area contributed by atoms with Gasteiger partial charge in [-0.05, 0) is 35.0 Å². The molecular weight excluding hydrogens is 256 g/mol. The Morgan fingerprint density at radius 1 is 0.611 bits per heavy atom. The number of thiophene rings is 2. The van der Waals surface area contributed by atoms with Crippen molar-refractivity contribution in [2.24, 2.45) is 0 Å². The first-order chi connectivity index (χ1) is 8.95. The van der Waals surface area contributed by atoms with Crippen molar-refractivity contribution in [1.82, 2.24) is 0 Å². The highest BCUT2D eigenvalue weighted by atomic mass is 32.1. The van der Waals surface area contributed by atoms with Gasteiger partial charge in [0.05, 0.1) is 0 Å². The molecule has 0 unspecified atom stereocenters. The smallest absolute Gasteiger partial charge is 0.0270 e. The fraction of sp³-hybridized carbons (Fsp3) is 0. The minimum Gasteiger partial charge on any atom is -0.144 e. The maximum atomic E-state index is 2.11. The van der Waals surface area contributed by atoms with Gasteiger partial charge in [-0.1, -0.05) is 48.6 Å². The molecule has 90 valence electrons. The Hall–Kier alpha value is -1.64. The van der Waals surface area contributed by atoms with Crippen molar-refractivity contribution in [3.05, 3.63) is 81.2 Å². The van der Waals surface area contributed by atoms with Gasteiger partial charge >= 0.3 is 0 Å². The third-order valence-corrected chi connectivity index (χ3v) is 3.84. The largest absolute Gasteiger partial charge is 0.144 e. The summed E-state index contributed by atoms with van der Waals surface area (Å²) in [6, 6.07) is 8.33. The zero-order valence-electron chi connectivity index (χ0n) is 9.90. The van der Waals surface area contributed by atoms with E-state index in [9.17, 15) is 0 Å². The second kappa shape index (κ2) is 7.64.